The highest BCUT2D eigenvalue weighted by Gasteiger charge is 2.60. The largest absolute Gasteiger partial charge is 0.572 e. The predicted octanol–water partition coefficient (Wildman–Crippen LogP) is 3.86. The molecule has 1 aromatic rings. The first kappa shape index (κ1) is 25.1. The Labute approximate surface area is 206 Å². The maximum atomic E-state index is 14.0. The second-order valence-corrected chi connectivity index (χ2v) is 13.9. The number of fused-ring (bicyclic) bond motifs is 2. The molecule has 0 aromatic heterocycles. The van der Waals surface area contributed by atoms with Gasteiger partial charge < -0.3 is 9.84 Å². The Hall–Kier alpha value is -2.54. The minimum absolute atomic E-state index is 0.0343. The number of hydrogen-bond acceptors (Lipinski definition) is 6. The molecule has 1 aromatic carbocycles. The molecule has 0 amide bonds. The van der Waals surface area contributed by atoms with Crippen LogP contribution in [0.2, 0.25) is 0 Å². The van der Waals surface area contributed by atoms with Crippen LogP contribution in [0.4, 0.5) is 18.9 Å². The zero-order chi connectivity index (χ0) is 26.1. The number of ether oxygens (including phenoxy) is 1. The minimum Gasteiger partial charge on any atom is -0.478 e. The number of anilines is 1. The number of halogens is 3. The lowest BCUT2D eigenvalue weighted by Crippen LogP contribution is -2.52. The Morgan fingerprint density at radius 3 is 2.42 bits per heavy atom. The van der Waals surface area contributed by atoms with Crippen LogP contribution in [0.3, 0.4) is 0 Å². The molecule has 0 bridgehead atoms. The van der Waals surface area contributed by atoms with E-state index in [9.17, 15) is 39.9 Å². The molecule has 1 unspecified atom stereocenters. The number of carboxylic acids is 1. The number of sulfone groups is 1. The first-order chi connectivity index (χ1) is 16.7. The summed E-state index contributed by atoms with van der Waals surface area (Å²) in [4.78, 5) is 11.4. The van der Waals surface area contributed by atoms with Gasteiger partial charge in [0.2, 0.25) is 0 Å². The lowest BCUT2D eigenvalue weighted by atomic mass is 9.70. The smallest absolute Gasteiger partial charge is 0.478 e. The summed E-state index contributed by atoms with van der Waals surface area (Å²) < 4.78 is 96.3. The fraction of sp³-hybridized carbons (Fsp3) is 0.522. The van der Waals surface area contributed by atoms with Gasteiger partial charge in [0.15, 0.2) is 0 Å². The van der Waals surface area contributed by atoms with Crippen LogP contribution < -0.4 is 4.31 Å². The molecule has 1 saturated carbocycles. The molecular weight excluding hydrogens is 523 g/mol. The lowest BCUT2D eigenvalue weighted by Gasteiger charge is -2.42. The van der Waals surface area contributed by atoms with Gasteiger partial charge in [-0.3, -0.25) is 4.31 Å². The van der Waals surface area contributed by atoms with E-state index in [0.29, 0.717) is 18.4 Å². The van der Waals surface area contributed by atoms with Crippen molar-refractivity contribution in [3.63, 3.8) is 0 Å². The van der Waals surface area contributed by atoms with Crippen LogP contribution in [0.5, 0.6) is 0 Å². The van der Waals surface area contributed by atoms with Gasteiger partial charge in [0.05, 0.1) is 33.7 Å². The van der Waals surface area contributed by atoms with Gasteiger partial charge in [-0.1, -0.05) is 6.08 Å². The third-order valence-corrected chi connectivity index (χ3v) is 10.9. The normalized spacial score (nSPS) is 25.2. The van der Waals surface area contributed by atoms with Gasteiger partial charge >= 0.3 is 12.3 Å². The molecule has 1 saturated heterocycles. The maximum Gasteiger partial charge on any atom is 0.572 e. The molecule has 2 heterocycles. The number of carbonyl (C=O) groups is 1. The molecule has 1 atom stereocenters. The van der Waals surface area contributed by atoms with Crippen LogP contribution in [0.1, 0.15) is 54.4 Å². The van der Waals surface area contributed by atoms with Crippen molar-refractivity contribution in [2.24, 2.45) is 5.92 Å². The quantitative estimate of drug-likeness (QED) is 0.595. The topological polar surface area (TPSA) is 118 Å². The summed E-state index contributed by atoms with van der Waals surface area (Å²) in [6.45, 7) is 0. The Morgan fingerprint density at radius 1 is 1.17 bits per heavy atom. The molecule has 1 spiro atoms. The molecule has 13 heteroatoms. The Bertz CT molecular complexity index is 1380. The minimum atomic E-state index is -4.96. The van der Waals surface area contributed by atoms with E-state index in [0.717, 1.165) is 6.08 Å². The second kappa shape index (κ2) is 8.23. The zero-order valence-electron chi connectivity index (χ0n) is 19.0. The summed E-state index contributed by atoms with van der Waals surface area (Å²) in [6, 6.07) is 3.45. The average Bonchev–Trinajstić information content (AvgIpc) is 3.58. The van der Waals surface area contributed by atoms with Gasteiger partial charge in [-0.15, -0.1) is 13.2 Å². The molecule has 0 radical (unpaired) electrons. The SMILES string of the molecule is O=C(O)c1ccc2c(c1)C1(CCS(=O)(=O)CC1)C(C1CC1)N2S(=O)(=O)C1=CCCC(OC(F)(F)F)=C1. The highest BCUT2D eigenvalue weighted by atomic mass is 32.2. The van der Waals surface area contributed by atoms with Crippen molar-refractivity contribution in [1.82, 2.24) is 0 Å². The van der Waals surface area contributed by atoms with Crippen molar-refractivity contribution < 1.29 is 44.6 Å². The third-order valence-electron chi connectivity index (χ3n) is 7.47. The van der Waals surface area contributed by atoms with Crippen molar-refractivity contribution in [2.75, 3.05) is 15.8 Å². The van der Waals surface area contributed by atoms with Gasteiger partial charge in [-0.25, -0.2) is 21.6 Å². The molecule has 2 fully saturated rings. The molecule has 196 valence electrons. The Kier molecular flexibility index (Phi) is 5.75. The molecule has 8 nitrogen and oxygen atoms in total. The number of alkyl halides is 3. The Morgan fingerprint density at radius 2 is 1.83 bits per heavy atom. The number of carboxylic acid groups (broad SMARTS) is 1. The van der Waals surface area contributed by atoms with Crippen molar-refractivity contribution in [1.29, 1.82) is 0 Å². The van der Waals surface area contributed by atoms with Crippen molar-refractivity contribution in [3.05, 3.63) is 52.1 Å². The molecule has 2 aliphatic carbocycles. The first-order valence-corrected chi connectivity index (χ1v) is 14.8. The van der Waals surface area contributed by atoms with Gasteiger partial charge in [-0.05, 0) is 67.9 Å². The molecule has 5 rings (SSSR count). The number of hydrogen-bond donors (Lipinski definition) is 1. The van der Waals surface area contributed by atoms with E-state index in [1.54, 1.807) is 0 Å². The van der Waals surface area contributed by atoms with Crippen LogP contribution in [-0.4, -0.2) is 51.8 Å². The summed E-state index contributed by atoms with van der Waals surface area (Å²) in [7, 11) is -7.71. The highest BCUT2D eigenvalue weighted by Crippen LogP contribution is 2.59. The summed E-state index contributed by atoms with van der Waals surface area (Å²) in [5.41, 5.74) is -0.253. The molecule has 36 heavy (non-hydrogen) atoms. The van der Waals surface area contributed by atoms with Crippen LogP contribution in [0.25, 0.3) is 0 Å². The second-order valence-electron chi connectivity index (χ2n) is 9.73. The molecule has 1 N–H and O–H groups in total. The van der Waals surface area contributed by atoms with Gasteiger partial charge in [0.25, 0.3) is 10.0 Å². The Balaban J connectivity index is 1.65. The summed E-state index contributed by atoms with van der Waals surface area (Å²) in [5.74, 6) is -2.11. The van der Waals surface area contributed by atoms with Crippen molar-refractivity contribution in [3.8, 4) is 0 Å². The van der Waals surface area contributed by atoms with E-state index in [2.05, 4.69) is 4.74 Å². The number of aromatic carboxylic acids is 1. The zero-order valence-corrected chi connectivity index (χ0v) is 20.6. The number of sulfonamides is 1. The van der Waals surface area contributed by atoms with E-state index < -0.39 is 49.4 Å². The van der Waals surface area contributed by atoms with Crippen molar-refractivity contribution in [2.45, 2.75) is 56.3 Å². The van der Waals surface area contributed by atoms with Crippen LogP contribution in [-0.2, 0) is 30.0 Å². The first-order valence-electron chi connectivity index (χ1n) is 11.5. The van der Waals surface area contributed by atoms with E-state index in [-0.39, 0.29) is 59.3 Å². The van der Waals surface area contributed by atoms with Gasteiger partial charge in [-0.2, -0.15) is 0 Å². The van der Waals surface area contributed by atoms with E-state index in [1.807, 2.05) is 0 Å². The van der Waals surface area contributed by atoms with Gasteiger partial charge in [0, 0.05) is 11.8 Å². The van der Waals surface area contributed by atoms with Crippen LogP contribution >= 0.6 is 0 Å². The maximum absolute atomic E-state index is 14.0. The highest BCUT2D eigenvalue weighted by molar-refractivity contribution is 7.96. The molecule has 4 aliphatic rings. The number of allylic oxidation sites excluding steroid dienone is 3. The third kappa shape index (κ3) is 4.29. The predicted molar refractivity (Wildman–Crippen MR) is 123 cm³/mol. The number of nitrogens with zero attached hydrogens (tertiary/aromatic N) is 1. The average molecular weight is 548 g/mol. The van der Waals surface area contributed by atoms with E-state index >= 15 is 0 Å². The van der Waals surface area contributed by atoms with Crippen LogP contribution in [0.15, 0.2) is 41.0 Å². The van der Waals surface area contributed by atoms with Crippen LogP contribution in [0, 0.1) is 5.92 Å². The standard InChI is InChI=1S/C23H24F3NO7S2/c24-23(25,26)34-16-2-1-3-17(13-16)36(32,33)27-19-7-6-15(21(28)29)12-18(19)22(20(27)14-4-5-14)8-10-35(30,31)11-9-22/h3,6-7,12-14,20H,1-2,4-5,8-11H2,(H,28,29). The summed E-state index contributed by atoms with van der Waals surface area (Å²) in [6.07, 6.45) is -1.10. The fourth-order valence-corrected chi connectivity index (χ4v) is 9.25. The van der Waals surface area contributed by atoms with E-state index in [4.69, 9.17) is 0 Å². The van der Waals surface area contributed by atoms with Gasteiger partial charge in [0.1, 0.15) is 15.6 Å². The number of rotatable bonds is 5. The monoisotopic (exact) mass is 547 g/mol. The van der Waals surface area contributed by atoms with Crippen molar-refractivity contribution >= 4 is 31.5 Å². The van der Waals surface area contributed by atoms with E-state index in [1.165, 1.54) is 28.6 Å². The molecule has 2 aliphatic heterocycles. The molecular formula is C23H24F3NO7S2. The summed E-state index contributed by atoms with van der Waals surface area (Å²) >= 11 is 0. The lowest BCUT2D eigenvalue weighted by molar-refractivity contribution is -0.306. The fourth-order valence-electron chi connectivity index (χ4n) is 5.76. The summed E-state index contributed by atoms with van der Waals surface area (Å²) in [5, 5.41) is 9.57. The number of benzene rings is 1.